The summed E-state index contributed by atoms with van der Waals surface area (Å²) in [7, 11) is 1.36. The van der Waals surface area contributed by atoms with Gasteiger partial charge in [0.05, 0.1) is 42.4 Å². The zero-order chi connectivity index (χ0) is 28.8. The summed E-state index contributed by atoms with van der Waals surface area (Å²) in [6.45, 7) is 8.62. The number of hydrogen-bond donors (Lipinski definition) is 0. The number of fused-ring (bicyclic) bond motifs is 1. The summed E-state index contributed by atoms with van der Waals surface area (Å²) in [6.07, 6.45) is 6.61. The van der Waals surface area contributed by atoms with Crippen molar-refractivity contribution >= 4 is 35.2 Å². The lowest BCUT2D eigenvalue weighted by Crippen LogP contribution is -2.44. The Hall–Kier alpha value is -4.20. The maximum absolute atomic E-state index is 14.1. The Bertz CT molecular complexity index is 1420. The largest absolute Gasteiger partial charge is 0.465 e. The Morgan fingerprint density at radius 3 is 2.45 bits per heavy atom. The Balaban J connectivity index is 1.78. The molecule has 8 heteroatoms. The summed E-state index contributed by atoms with van der Waals surface area (Å²) >= 11 is 0. The SMILES string of the molecule is CCCc1ncc(C=C2C(=O)N(C(CCC)C(=O)OCC)c3cccc(C)c32)n1Cc1ccc(C(=O)OC)cc1. The molecule has 0 fully saturated rings. The van der Waals surface area contributed by atoms with Gasteiger partial charge in [0, 0.05) is 18.5 Å². The number of anilines is 1. The minimum Gasteiger partial charge on any atom is -0.465 e. The maximum atomic E-state index is 14.1. The minimum atomic E-state index is -0.696. The summed E-state index contributed by atoms with van der Waals surface area (Å²) in [5, 5.41) is 0. The fourth-order valence-electron chi connectivity index (χ4n) is 5.20. The van der Waals surface area contributed by atoms with Gasteiger partial charge in [0.1, 0.15) is 11.9 Å². The van der Waals surface area contributed by atoms with Crippen LogP contribution in [-0.4, -0.2) is 47.2 Å². The Morgan fingerprint density at radius 1 is 1.05 bits per heavy atom. The lowest BCUT2D eigenvalue weighted by Gasteiger charge is -2.26. The molecule has 0 spiro atoms. The smallest absolute Gasteiger partial charge is 0.337 e. The van der Waals surface area contributed by atoms with Gasteiger partial charge in [-0.2, -0.15) is 0 Å². The molecule has 8 nitrogen and oxygen atoms in total. The average Bonchev–Trinajstić information content (AvgIpc) is 3.45. The van der Waals surface area contributed by atoms with E-state index < -0.39 is 12.0 Å². The predicted octanol–water partition coefficient (Wildman–Crippen LogP) is 5.60. The number of hydrogen-bond acceptors (Lipinski definition) is 6. The number of amides is 1. The van der Waals surface area contributed by atoms with E-state index in [0.29, 0.717) is 24.1 Å². The molecule has 1 atom stereocenters. The van der Waals surface area contributed by atoms with E-state index in [1.54, 1.807) is 30.2 Å². The van der Waals surface area contributed by atoms with Crippen molar-refractivity contribution in [1.82, 2.24) is 9.55 Å². The van der Waals surface area contributed by atoms with E-state index in [-0.39, 0.29) is 18.5 Å². The molecule has 0 N–H and O–H groups in total. The number of ether oxygens (including phenoxy) is 2. The Morgan fingerprint density at radius 2 is 1.80 bits per heavy atom. The van der Waals surface area contributed by atoms with Gasteiger partial charge in [-0.25, -0.2) is 14.6 Å². The molecule has 4 rings (SSSR count). The first-order valence-electron chi connectivity index (χ1n) is 13.9. The van der Waals surface area contributed by atoms with Crippen LogP contribution in [0.1, 0.15) is 78.6 Å². The number of benzene rings is 2. The van der Waals surface area contributed by atoms with Gasteiger partial charge in [-0.15, -0.1) is 0 Å². The second-order valence-corrected chi connectivity index (χ2v) is 9.88. The van der Waals surface area contributed by atoms with E-state index in [0.717, 1.165) is 53.2 Å². The first-order valence-corrected chi connectivity index (χ1v) is 13.9. The van der Waals surface area contributed by atoms with Crippen LogP contribution >= 0.6 is 0 Å². The van der Waals surface area contributed by atoms with Crippen LogP contribution in [0.2, 0.25) is 0 Å². The molecule has 1 aliphatic heterocycles. The number of carbonyl (C=O) groups excluding carboxylic acids is 3. The van der Waals surface area contributed by atoms with Crippen molar-refractivity contribution in [2.45, 2.75) is 66.0 Å². The quantitative estimate of drug-likeness (QED) is 0.231. The van der Waals surface area contributed by atoms with E-state index in [4.69, 9.17) is 9.47 Å². The second kappa shape index (κ2) is 12.8. The second-order valence-electron chi connectivity index (χ2n) is 9.88. The summed E-state index contributed by atoms with van der Waals surface area (Å²) in [5.74, 6) is -0.0806. The van der Waals surface area contributed by atoms with Crippen molar-refractivity contribution in [2.24, 2.45) is 0 Å². The van der Waals surface area contributed by atoms with Crippen LogP contribution in [0, 0.1) is 6.92 Å². The molecule has 0 aliphatic carbocycles. The lowest BCUT2D eigenvalue weighted by molar-refractivity contribution is -0.145. The molecule has 40 heavy (non-hydrogen) atoms. The summed E-state index contributed by atoms with van der Waals surface area (Å²) in [5.41, 5.74) is 5.30. The van der Waals surface area contributed by atoms with Gasteiger partial charge in [-0.05, 0) is 62.1 Å². The van der Waals surface area contributed by atoms with E-state index in [2.05, 4.69) is 16.5 Å². The highest BCUT2D eigenvalue weighted by atomic mass is 16.5. The number of imidazole rings is 1. The molecule has 0 saturated carbocycles. The maximum Gasteiger partial charge on any atom is 0.337 e. The molecule has 2 aromatic carbocycles. The van der Waals surface area contributed by atoms with E-state index in [1.807, 2.05) is 50.3 Å². The highest BCUT2D eigenvalue weighted by Gasteiger charge is 2.41. The molecule has 1 unspecified atom stereocenters. The number of aryl methyl sites for hydroxylation is 2. The third-order valence-electron chi connectivity index (χ3n) is 7.11. The fraction of sp³-hybridized carbons (Fsp3) is 0.375. The molecule has 210 valence electrons. The number of methoxy groups -OCH3 is 1. The molecular weight excluding hydrogens is 506 g/mol. The highest BCUT2D eigenvalue weighted by molar-refractivity contribution is 6.37. The normalized spacial score (nSPS) is 14.4. The first-order chi connectivity index (χ1) is 19.3. The highest BCUT2D eigenvalue weighted by Crippen LogP contribution is 2.42. The van der Waals surface area contributed by atoms with Gasteiger partial charge in [-0.1, -0.05) is 44.5 Å². The van der Waals surface area contributed by atoms with Crippen LogP contribution in [-0.2, 0) is 32.0 Å². The summed E-state index contributed by atoms with van der Waals surface area (Å²) in [4.78, 5) is 45.2. The van der Waals surface area contributed by atoms with Gasteiger partial charge in [0.25, 0.3) is 5.91 Å². The molecule has 3 aromatic rings. The third-order valence-corrected chi connectivity index (χ3v) is 7.11. The van der Waals surface area contributed by atoms with E-state index in [1.165, 1.54) is 7.11 Å². The van der Waals surface area contributed by atoms with E-state index >= 15 is 0 Å². The number of carbonyl (C=O) groups is 3. The average molecular weight is 544 g/mol. The monoisotopic (exact) mass is 543 g/mol. The van der Waals surface area contributed by atoms with E-state index in [9.17, 15) is 14.4 Å². The zero-order valence-electron chi connectivity index (χ0n) is 23.9. The van der Waals surface area contributed by atoms with Crippen molar-refractivity contribution in [3.05, 3.63) is 82.4 Å². The molecule has 2 heterocycles. The fourth-order valence-corrected chi connectivity index (χ4v) is 5.20. The Kier molecular flexibility index (Phi) is 9.19. The van der Waals surface area contributed by atoms with Crippen molar-refractivity contribution in [3.8, 4) is 0 Å². The number of nitrogens with zero attached hydrogens (tertiary/aromatic N) is 3. The number of rotatable bonds is 11. The van der Waals surface area contributed by atoms with Crippen LogP contribution in [0.5, 0.6) is 0 Å². The molecule has 1 amide bonds. The first kappa shape index (κ1) is 28.8. The van der Waals surface area contributed by atoms with Crippen molar-refractivity contribution in [3.63, 3.8) is 0 Å². The van der Waals surface area contributed by atoms with Gasteiger partial charge in [0.2, 0.25) is 0 Å². The predicted molar refractivity (Wildman–Crippen MR) is 155 cm³/mol. The number of aromatic nitrogens is 2. The molecule has 1 aliphatic rings. The van der Waals surface area contributed by atoms with Gasteiger partial charge >= 0.3 is 11.9 Å². The summed E-state index contributed by atoms with van der Waals surface area (Å²) in [6, 6.07) is 12.4. The molecule has 1 aromatic heterocycles. The summed E-state index contributed by atoms with van der Waals surface area (Å²) < 4.78 is 12.3. The van der Waals surface area contributed by atoms with Crippen LogP contribution < -0.4 is 4.90 Å². The minimum absolute atomic E-state index is 0.219. The van der Waals surface area contributed by atoms with Gasteiger partial charge in [-0.3, -0.25) is 9.69 Å². The number of esters is 2. The van der Waals surface area contributed by atoms with Crippen molar-refractivity contribution in [1.29, 1.82) is 0 Å². The molecule has 0 saturated heterocycles. The van der Waals surface area contributed by atoms with Crippen molar-refractivity contribution in [2.75, 3.05) is 18.6 Å². The van der Waals surface area contributed by atoms with Gasteiger partial charge in [0.15, 0.2) is 0 Å². The van der Waals surface area contributed by atoms with Crippen LogP contribution in [0.15, 0.2) is 48.7 Å². The lowest BCUT2D eigenvalue weighted by atomic mass is 10.0. The molecular formula is C32H37N3O5. The van der Waals surface area contributed by atoms with Crippen molar-refractivity contribution < 1.29 is 23.9 Å². The van der Waals surface area contributed by atoms with Crippen LogP contribution in [0.4, 0.5) is 5.69 Å². The van der Waals surface area contributed by atoms with Crippen LogP contribution in [0.3, 0.4) is 0 Å². The standard InChI is InChI=1S/C32H37N3O5/c1-6-10-27(32(38)40-8-3)35-26-13-9-12-21(4)29(26)25(30(35)36)18-24-19-33-28(11-7-2)34(24)20-22-14-16-23(17-15-22)31(37)39-5/h9,12-19,27H,6-8,10-11,20H2,1-5H3. The molecule has 0 bridgehead atoms. The third kappa shape index (κ3) is 5.71. The van der Waals surface area contributed by atoms with Gasteiger partial charge < -0.3 is 14.0 Å². The molecule has 0 radical (unpaired) electrons. The van der Waals surface area contributed by atoms with Crippen LogP contribution in [0.25, 0.3) is 11.6 Å². The topological polar surface area (TPSA) is 90.7 Å². The Labute approximate surface area is 235 Å². The zero-order valence-corrected chi connectivity index (χ0v) is 23.9.